The number of guanidine groups is 1. The summed E-state index contributed by atoms with van der Waals surface area (Å²) in [6.45, 7) is 3.91. The van der Waals surface area contributed by atoms with Gasteiger partial charge >= 0.3 is 0 Å². The molecule has 0 aliphatic rings. The molecule has 2 aromatic carbocycles. The Hall–Kier alpha value is -3.32. The summed E-state index contributed by atoms with van der Waals surface area (Å²) in [7, 11) is 5.82. The SMILES string of the molecule is CCNC(=NCc1coc(-c2ccccc2)n1)NCC(c1ccccc1OC)N(C)C. The van der Waals surface area contributed by atoms with Gasteiger partial charge in [-0.05, 0) is 39.2 Å². The monoisotopic (exact) mass is 421 g/mol. The van der Waals surface area contributed by atoms with Crippen molar-refractivity contribution in [2.45, 2.75) is 19.5 Å². The molecule has 164 valence electrons. The maximum absolute atomic E-state index is 5.61. The molecule has 1 atom stereocenters. The third-order valence-electron chi connectivity index (χ3n) is 4.90. The number of nitrogens with zero attached hydrogens (tertiary/aromatic N) is 3. The summed E-state index contributed by atoms with van der Waals surface area (Å²) in [5.41, 5.74) is 2.86. The lowest BCUT2D eigenvalue weighted by Crippen LogP contribution is -2.41. The maximum atomic E-state index is 5.61. The first kappa shape index (κ1) is 22.4. The molecule has 1 aromatic heterocycles. The van der Waals surface area contributed by atoms with Gasteiger partial charge in [0.05, 0.1) is 19.7 Å². The number of para-hydroxylation sites is 1. The van der Waals surface area contributed by atoms with Crippen molar-refractivity contribution in [1.29, 1.82) is 0 Å². The maximum Gasteiger partial charge on any atom is 0.226 e. The van der Waals surface area contributed by atoms with Gasteiger partial charge in [0.15, 0.2) is 5.96 Å². The van der Waals surface area contributed by atoms with Crippen LogP contribution >= 0.6 is 0 Å². The Morgan fingerprint density at radius 1 is 1.10 bits per heavy atom. The third-order valence-corrected chi connectivity index (χ3v) is 4.90. The standard InChI is InChI=1S/C24H31N5O2/c1-5-25-24(26-15-19-17-31-23(28-19)18-11-7-6-8-12-18)27-16-21(29(2)3)20-13-9-10-14-22(20)30-4/h6-14,17,21H,5,15-16H2,1-4H3,(H2,25,26,27). The van der Waals surface area contributed by atoms with E-state index >= 15 is 0 Å². The van der Waals surface area contributed by atoms with Crippen LogP contribution in [0.3, 0.4) is 0 Å². The number of rotatable bonds is 9. The molecule has 1 heterocycles. The Labute approximate surface area is 184 Å². The van der Waals surface area contributed by atoms with Crippen molar-refractivity contribution in [2.75, 3.05) is 34.3 Å². The van der Waals surface area contributed by atoms with Crippen LogP contribution in [0.15, 0.2) is 70.3 Å². The molecule has 7 heteroatoms. The fourth-order valence-electron chi connectivity index (χ4n) is 3.30. The van der Waals surface area contributed by atoms with E-state index in [1.165, 1.54) is 0 Å². The lowest BCUT2D eigenvalue weighted by molar-refractivity contribution is 0.287. The van der Waals surface area contributed by atoms with Crippen molar-refractivity contribution in [3.05, 3.63) is 72.1 Å². The highest BCUT2D eigenvalue weighted by Crippen LogP contribution is 2.27. The highest BCUT2D eigenvalue weighted by molar-refractivity contribution is 5.79. The van der Waals surface area contributed by atoms with Crippen molar-refractivity contribution in [3.63, 3.8) is 0 Å². The summed E-state index contributed by atoms with van der Waals surface area (Å²) in [6, 6.07) is 18.1. The Morgan fingerprint density at radius 3 is 2.55 bits per heavy atom. The third kappa shape index (κ3) is 6.08. The number of oxazole rings is 1. The van der Waals surface area contributed by atoms with E-state index in [1.54, 1.807) is 13.4 Å². The molecule has 0 amide bonds. The van der Waals surface area contributed by atoms with E-state index in [1.807, 2.05) is 55.5 Å². The van der Waals surface area contributed by atoms with Crippen molar-refractivity contribution in [2.24, 2.45) is 4.99 Å². The molecule has 0 bridgehead atoms. The van der Waals surface area contributed by atoms with Gasteiger partial charge in [0.1, 0.15) is 17.7 Å². The number of aromatic nitrogens is 1. The molecule has 0 saturated heterocycles. The van der Waals surface area contributed by atoms with Crippen LogP contribution in [-0.4, -0.2) is 50.1 Å². The van der Waals surface area contributed by atoms with Gasteiger partial charge in [-0.3, -0.25) is 0 Å². The normalized spacial score (nSPS) is 12.6. The molecule has 0 fully saturated rings. The number of likely N-dealkylation sites (N-methyl/N-ethyl adjacent to an activating group) is 1. The van der Waals surface area contributed by atoms with Crippen LogP contribution in [0.5, 0.6) is 5.75 Å². The second-order valence-corrected chi connectivity index (χ2v) is 7.31. The van der Waals surface area contributed by atoms with Gasteiger partial charge in [0.25, 0.3) is 0 Å². The molecule has 0 aliphatic heterocycles. The summed E-state index contributed by atoms with van der Waals surface area (Å²) >= 11 is 0. The molecule has 0 radical (unpaired) electrons. The minimum absolute atomic E-state index is 0.122. The predicted molar refractivity (Wildman–Crippen MR) is 124 cm³/mol. The van der Waals surface area contributed by atoms with Crippen LogP contribution in [0.2, 0.25) is 0 Å². The van der Waals surface area contributed by atoms with Crippen LogP contribution in [0.1, 0.15) is 24.2 Å². The molecule has 0 aliphatic carbocycles. The summed E-state index contributed by atoms with van der Waals surface area (Å²) < 4.78 is 11.2. The predicted octanol–water partition coefficient (Wildman–Crippen LogP) is 3.71. The van der Waals surface area contributed by atoms with Gasteiger partial charge in [-0.25, -0.2) is 9.98 Å². The number of methoxy groups -OCH3 is 1. The van der Waals surface area contributed by atoms with Crippen molar-refractivity contribution < 1.29 is 9.15 Å². The smallest absolute Gasteiger partial charge is 0.226 e. The van der Waals surface area contributed by atoms with Gasteiger partial charge in [-0.1, -0.05) is 36.4 Å². The summed E-state index contributed by atoms with van der Waals surface area (Å²) in [4.78, 5) is 11.4. The van der Waals surface area contributed by atoms with Crippen LogP contribution in [-0.2, 0) is 6.54 Å². The Balaban J connectivity index is 1.68. The zero-order valence-electron chi connectivity index (χ0n) is 18.6. The lowest BCUT2D eigenvalue weighted by atomic mass is 10.0. The minimum Gasteiger partial charge on any atom is -0.496 e. The first-order valence-electron chi connectivity index (χ1n) is 10.4. The second kappa shape index (κ2) is 11.2. The molecule has 7 nitrogen and oxygen atoms in total. The molecule has 0 spiro atoms. The number of aliphatic imine (C=N–C) groups is 1. The molecule has 1 unspecified atom stereocenters. The van der Waals surface area contributed by atoms with Gasteiger partial charge < -0.3 is 24.7 Å². The van der Waals surface area contributed by atoms with Crippen LogP contribution in [0.25, 0.3) is 11.5 Å². The van der Waals surface area contributed by atoms with Crippen LogP contribution in [0.4, 0.5) is 0 Å². The van der Waals surface area contributed by atoms with Crippen molar-refractivity contribution >= 4 is 5.96 Å². The van der Waals surface area contributed by atoms with Crippen molar-refractivity contribution in [3.8, 4) is 17.2 Å². The average Bonchev–Trinajstić information content (AvgIpc) is 3.27. The molecule has 2 N–H and O–H groups in total. The highest BCUT2D eigenvalue weighted by atomic mass is 16.5. The zero-order chi connectivity index (χ0) is 22.1. The number of ether oxygens (including phenoxy) is 1. The number of nitrogens with one attached hydrogen (secondary N) is 2. The van der Waals surface area contributed by atoms with Crippen LogP contribution in [0, 0.1) is 0 Å². The Morgan fingerprint density at radius 2 is 1.84 bits per heavy atom. The Kier molecular flexibility index (Phi) is 8.06. The summed E-state index contributed by atoms with van der Waals surface area (Å²) in [5.74, 6) is 2.21. The number of hydrogen-bond donors (Lipinski definition) is 2. The van der Waals surface area contributed by atoms with E-state index < -0.39 is 0 Å². The van der Waals surface area contributed by atoms with Crippen LogP contribution < -0.4 is 15.4 Å². The molecule has 0 saturated carbocycles. The summed E-state index contributed by atoms with van der Waals surface area (Å²) in [5, 5.41) is 6.74. The first-order chi connectivity index (χ1) is 15.1. The molecular formula is C24H31N5O2. The summed E-state index contributed by atoms with van der Waals surface area (Å²) in [6.07, 6.45) is 1.66. The number of benzene rings is 2. The number of hydrogen-bond acceptors (Lipinski definition) is 5. The fourth-order valence-corrected chi connectivity index (χ4v) is 3.30. The van der Waals surface area contributed by atoms with Crippen molar-refractivity contribution in [1.82, 2.24) is 20.5 Å². The molecule has 3 rings (SSSR count). The van der Waals surface area contributed by atoms with E-state index in [4.69, 9.17) is 9.15 Å². The topological polar surface area (TPSA) is 74.9 Å². The zero-order valence-corrected chi connectivity index (χ0v) is 18.6. The molecular weight excluding hydrogens is 390 g/mol. The quantitative estimate of drug-likeness (QED) is 0.405. The first-order valence-corrected chi connectivity index (χ1v) is 10.4. The van der Waals surface area contributed by atoms with Gasteiger partial charge in [0.2, 0.25) is 5.89 Å². The van der Waals surface area contributed by atoms with Gasteiger partial charge in [-0.2, -0.15) is 0 Å². The Bertz CT molecular complexity index is 969. The average molecular weight is 422 g/mol. The van der Waals surface area contributed by atoms with E-state index in [0.717, 1.165) is 35.1 Å². The van der Waals surface area contributed by atoms with E-state index in [0.29, 0.717) is 19.0 Å². The largest absolute Gasteiger partial charge is 0.496 e. The van der Waals surface area contributed by atoms with E-state index in [9.17, 15) is 0 Å². The fraction of sp³-hybridized carbons (Fsp3) is 0.333. The highest BCUT2D eigenvalue weighted by Gasteiger charge is 2.18. The van der Waals surface area contributed by atoms with E-state index in [2.05, 4.69) is 45.7 Å². The molecule has 3 aromatic rings. The molecule has 31 heavy (non-hydrogen) atoms. The van der Waals surface area contributed by atoms with Gasteiger partial charge in [0, 0.05) is 24.2 Å². The van der Waals surface area contributed by atoms with E-state index in [-0.39, 0.29) is 6.04 Å². The lowest BCUT2D eigenvalue weighted by Gasteiger charge is -2.27. The van der Waals surface area contributed by atoms with Gasteiger partial charge in [-0.15, -0.1) is 0 Å². The minimum atomic E-state index is 0.122. The second-order valence-electron chi connectivity index (χ2n) is 7.31.